The lowest BCUT2D eigenvalue weighted by Gasteiger charge is -2.19. The summed E-state index contributed by atoms with van der Waals surface area (Å²) >= 11 is 2.52. The maximum atomic E-state index is 13.5. The highest BCUT2D eigenvalue weighted by atomic mass is 32.2. The first-order valence-electron chi connectivity index (χ1n) is 11.0. The van der Waals surface area contributed by atoms with Crippen LogP contribution >= 0.6 is 23.1 Å². The number of imide groups is 1. The summed E-state index contributed by atoms with van der Waals surface area (Å²) in [5, 5.41) is 13.4. The van der Waals surface area contributed by atoms with Gasteiger partial charge >= 0.3 is 5.69 Å². The number of aromatic nitrogens is 1. The number of hydrogen-bond acceptors (Lipinski definition) is 8. The number of nitro benzene ring substituents is 1. The van der Waals surface area contributed by atoms with Crippen LogP contribution in [0.2, 0.25) is 0 Å². The van der Waals surface area contributed by atoms with Crippen LogP contribution in [0, 0.1) is 27.8 Å². The second kappa shape index (κ2) is 9.34. The first-order chi connectivity index (χ1) is 16.8. The minimum atomic E-state index is -0.979. The van der Waals surface area contributed by atoms with E-state index in [0.717, 1.165) is 42.5 Å². The van der Waals surface area contributed by atoms with Gasteiger partial charge < -0.3 is 5.32 Å². The third-order valence-corrected chi connectivity index (χ3v) is 8.37. The molecule has 0 radical (unpaired) electrons. The van der Waals surface area contributed by atoms with E-state index in [0.29, 0.717) is 15.5 Å². The number of hydrogen-bond donors (Lipinski definition) is 1. The van der Waals surface area contributed by atoms with Gasteiger partial charge in [0.2, 0.25) is 23.5 Å². The van der Waals surface area contributed by atoms with E-state index in [2.05, 4.69) is 10.3 Å². The number of halogens is 1. The van der Waals surface area contributed by atoms with Gasteiger partial charge in [0.25, 0.3) is 0 Å². The Bertz CT molecular complexity index is 1350. The molecule has 0 bridgehead atoms. The van der Waals surface area contributed by atoms with Gasteiger partial charge in [0.05, 0.1) is 38.4 Å². The molecule has 2 atom stereocenters. The second-order valence-corrected chi connectivity index (χ2v) is 10.7. The molecule has 12 heteroatoms. The quantitative estimate of drug-likeness (QED) is 0.218. The first kappa shape index (κ1) is 23.4. The van der Waals surface area contributed by atoms with Crippen molar-refractivity contribution >= 4 is 68.1 Å². The zero-order valence-corrected chi connectivity index (χ0v) is 19.9. The summed E-state index contributed by atoms with van der Waals surface area (Å²) in [4.78, 5) is 53.9. The average Bonchev–Trinajstić information content (AvgIpc) is 3.36. The summed E-state index contributed by atoms with van der Waals surface area (Å²) < 4.78 is 14.9. The molecular weight excluding hydrogens is 495 g/mol. The number of thioether (sulfide) groups is 1. The van der Waals surface area contributed by atoms with Gasteiger partial charge in [-0.3, -0.25) is 29.4 Å². The van der Waals surface area contributed by atoms with Crippen LogP contribution in [0.5, 0.6) is 0 Å². The highest BCUT2D eigenvalue weighted by molar-refractivity contribution is 8.01. The highest BCUT2D eigenvalue weighted by Gasteiger charge is 2.48. The molecule has 1 aromatic heterocycles. The molecule has 1 aliphatic carbocycles. The van der Waals surface area contributed by atoms with Gasteiger partial charge in [-0.25, -0.2) is 4.98 Å². The fourth-order valence-corrected chi connectivity index (χ4v) is 6.47. The molecule has 0 spiro atoms. The molecule has 35 heavy (non-hydrogen) atoms. The van der Waals surface area contributed by atoms with Crippen LogP contribution in [0.3, 0.4) is 0 Å². The Balaban J connectivity index is 1.26. The maximum Gasteiger partial charge on any atom is 0.306 e. The molecule has 1 saturated heterocycles. The number of anilines is 2. The van der Waals surface area contributed by atoms with E-state index in [1.807, 2.05) is 0 Å². The van der Waals surface area contributed by atoms with Crippen LogP contribution in [0.1, 0.15) is 25.7 Å². The van der Waals surface area contributed by atoms with Gasteiger partial charge in [-0.2, -0.15) is 4.39 Å². The molecule has 1 N–H and O–H groups in total. The summed E-state index contributed by atoms with van der Waals surface area (Å²) in [6.45, 7) is 0. The zero-order valence-electron chi connectivity index (χ0n) is 18.2. The Morgan fingerprint density at radius 1 is 1.17 bits per heavy atom. The van der Waals surface area contributed by atoms with E-state index in [4.69, 9.17) is 0 Å². The fourth-order valence-electron chi connectivity index (χ4n) is 4.56. The van der Waals surface area contributed by atoms with Crippen molar-refractivity contribution in [2.75, 3.05) is 16.0 Å². The summed E-state index contributed by atoms with van der Waals surface area (Å²) in [7, 11) is 0. The van der Waals surface area contributed by atoms with Crippen molar-refractivity contribution in [2.45, 2.75) is 30.0 Å². The van der Waals surface area contributed by atoms with Gasteiger partial charge in [-0.15, -0.1) is 11.3 Å². The van der Waals surface area contributed by atoms with E-state index in [-0.39, 0.29) is 35.1 Å². The minimum absolute atomic E-state index is 0.00961. The van der Waals surface area contributed by atoms with Gasteiger partial charge in [-0.05, 0) is 43.2 Å². The largest absolute Gasteiger partial charge is 0.325 e. The molecular formula is C23H19FN4O5S2. The number of nitrogens with zero attached hydrogens (tertiary/aromatic N) is 3. The molecule has 180 valence electrons. The summed E-state index contributed by atoms with van der Waals surface area (Å²) in [5.74, 6) is -2.11. The zero-order chi connectivity index (χ0) is 24.7. The lowest BCUT2D eigenvalue weighted by atomic mass is 9.81. The highest BCUT2D eigenvalue weighted by Crippen LogP contribution is 2.41. The molecule has 1 saturated carbocycles. The lowest BCUT2D eigenvalue weighted by Crippen LogP contribution is -2.30. The smallest absolute Gasteiger partial charge is 0.306 e. The standard InChI is InChI=1S/C23H19FN4O5S2/c24-16-7-5-12(9-18(16)28(32)33)25-20(29)11-34-23-26-17-8-6-13(10-19(17)35-23)27-21(30)14-3-1-2-4-15(14)22(27)31/h5-10,14-15H,1-4,11H2,(H,25,29)/t14-,15-/m0/s1. The van der Waals surface area contributed by atoms with Gasteiger partial charge in [0.15, 0.2) is 4.34 Å². The molecule has 3 aromatic rings. The number of thiazole rings is 1. The Hall–Kier alpha value is -3.38. The van der Waals surface area contributed by atoms with Crippen LogP contribution < -0.4 is 10.2 Å². The number of nitrogens with one attached hydrogen (secondary N) is 1. The second-order valence-electron chi connectivity index (χ2n) is 8.40. The van der Waals surface area contributed by atoms with Crippen molar-refractivity contribution in [1.29, 1.82) is 0 Å². The molecule has 1 aliphatic heterocycles. The number of amides is 3. The van der Waals surface area contributed by atoms with Gasteiger partial charge in [0.1, 0.15) is 0 Å². The van der Waals surface area contributed by atoms with Gasteiger partial charge in [0, 0.05) is 11.8 Å². The van der Waals surface area contributed by atoms with Crippen molar-refractivity contribution in [3.63, 3.8) is 0 Å². The monoisotopic (exact) mass is 514 g/mol. The van der Waals surface area contributed by atoms with Crippen molar-refractivity contribution < 1.29 is 23.7 Å². The third-order valence-electron chi connectivity index (χ3n) is 6.21. The molecule has 0 unspecified atom stereocenters. The maximum absolute atomic E-state index is 13.5. The number of benzene rings is 2. The molecule has 2 aliphatic rings. The number of nitro groups is 1. The van der Waals surface area contributed by atoms with E-state index in [9.17, 15) is 28.9 Å². The molecule has 9 nitrogen and oxygen atoms in total. The molecule has 5 rings (SSSR count). The Morgan fingerprint density at radius 2 is 1.89 bits per heavy atom. The third kappa shape index (κ3) is 4.50. The number of carbonyl (C=O) groups is 3. The van der Waals surface area contributed by atoms with E-state index in [1.54, 1.807) is 18.2 Å². The molecule has 3 amide bonds. The number of fused-ring (bicyclic) bond motifs is 2. The SMILES string of the molecule is O=C(CSc1nc2ccc(N3C(=O)[C@H]4CCCC[C@@H]4C3=O)cc2s1)Nc1ccc(F)c([N+](=O)[O-])c1. The predicted molar refractivity (Wildman–Crippen MR) is 130 cm³/mol. The normalized spacial score (nSPS) is 19.7. The Labute approximate surface area is 206 Å². The number of carbonyl (C=O) groups excluding carboxylic acids is 3. The predicted octanol–water partition coefficient (Wildman–Crippen LogP) is 4.75. The van der Waals surface area contributed by atoms with Crippen molar-refractivity contribution in [1.82, 2.24) is 4.98 Å². The lowest BCUT2D eigenvalue weighted by molar-refractivity contribution is -0.387. The Kier molecular flexibility index (Phi) is 6.24. The number of rotatable bonds is 6. The summed E-state index contributed by atoms with van der Waals surface area (Å²) in [6.07, 6.45) is 3.44. The minimum Gasteiger partial charge on any atom is -0.325 e. The average molecular weight is 515 g/mol. The van der Waals surface area contributed by atoms with Crippen LogP contribution in [0.4, 0.5) is 21.5 Å². The van der Waals surface area contributed by atoms with Crippen LogP contribution in [0.25, 0.3) is 10.2 Å². The topological polar surface area (TPSA) is 123 Å². The molecule has 2 aromatic carbocycles. The summed E-state index contributed by atoms with van der Waals surface area (Å²) in [5.41, 5.74) is 0.634. The molecule has 2 heterocycles. The van der Waals surface area contributed by atoms with Crippen LogP contribution in [-0.4, -0.2) is 33.4 Å². The van der Waals surface area contributed by atoms with E-state index < -0.39 is 22.3 Å². The van der Waals surface area contributed by atoms with E-state index in [1.165, 1.54) is 34.1 Å². The van der Waals surface area contributed by atoms with Crippen LogP contribution in [-0.2, 0) is 14.4 Å². The van der Waals surface area contributed by atoms with Gasteiger partial charge in [-0.1, -0.05) is 24.6 Å². The molecule has 2 fully saturated rings. The fraction of sp³-hybridized carbons (Fsp3) is 0.304. The summed E-state index contributed by atoms with van der Waals surface area (Å²) in [6, 6.07) is 8.40. The Morgan fingerprint density at radius 3 is 2.57 bits per heavy atom. The first-order valence-corrected chi connectivity index (χ1v) is 12.8. The van der Waals surface area contributed by atoms with Crippen molar-refractivity contribution in [3.05, 3.63) is 52.3 Å². The van der Waals surface area contributed by atoms with Crippen molar-refractivity contribution in [2.24, 2.45) is 11.8 Å². The van der Waals surface area contributed by atoms with E-state index >= 15 is 0 Å². The van der Waals surface area contributed by atoms with Crippen LogP contribution in [0.15, 0.2) is 40.7 Å². The van der Waals surface area contributed by atoms with Crippen molar-refractivity contribution in [3.8, 4) is 0 Å².